The molecule has 0 amide bonds. The lowest BCUT2D eigenvalue weighted by Crippen LogP contribution is -2.45. The minimum atomic E-state index is -2.98. The summed E-state index contributed by atoms with van der Waals surface area (Å²) in [6.07, 6.45) is -1.51. The molecule has 3 rings (SSSR count). The normalized spacial score (nSPS) is 18.8. The monoisotopic (exact) mass is 395 g/mol. The highest BCUT2D eigenvalue weighted by Gasteiger charge is 2.46. The van der Waals surface area contributed by atoms with E-state index in [1.165, 1.54) is 12.3 Å². The molecule has 0 spiro atoms. The predicted octanol–water partition coefficient (Wildman–Crippen LogP) is 3.45. The molecular weight excluding hydrogens is 377 g/mol. The summed E-state index contributed by atoms with van der Waals surface area (Å²) >= 11 is 0. The first-order valence-electron chi connectivity index (χ1n) is 8.04. The number of benzene rings is 1. The van der Waals surface area contributed by atoms with Gasteiger partial charge in [-0.3, -0.25) is 4.99 Å². The van der Waals surface area contributed by atoms with Gasteiger partial charge < -0.3 is 21.3 Å². The lowest BCUT2D eigenvalue weighted by molar-refractivity contribution is -0.0145. The summed E-state index contributed by atoms with van der Waals surface area (Å²) in [5.41, 5.74) is 11.0. The van der Waals surface area contributed by atoms with E-state index in [1.54, 1.807) is 19.1 Å². The summed E-state index contributed by atoms with van der Waals surface area (Å²) in [6.45, 7) is 1.19. The molecule has 0 aliphatic carbocycles. The Labute approximate surface area is 158 Å². The third kappa shape index (κ3) is 4.58. The van der Waals surface area contributed by atoms with Gasteiger partial charge in [-0.05, 0) is 24.6 Å². The number of pyridine rings is 1. The van der Waals surface area contributed by atoms with Crippen LogP contribution in [0.3, 0.4) is 0 Å². The number of aryl methyl sites for hydroxylation is 1. The fourth-order valence-electron chi connectivity index (χ4n) is 2.57. The Bertz CT molecular complexity index is 892. The van der Waals surface area contributed by atoms with Crippen molar-refractivity contribution in [2.24, 2.45) is 10.7 Å². The van der Waals surface area contributed by atoms with Gasteiger partial charge in [-0.2, -0.15) is 0 Å². The van der Waals surface area contributed by atoms with Gasteiger partial charge in [0.25, 0.3) is 6.43 Å². The number of amidine groups is 1. The van der Waals surface area contributed by atoms with Crippen LogP contribution < -0.4 is 5.73 Å². The molecule has 1 aromatic heterocycles. The molecule has 1 aromatic carbocycles. The van der Waals surface area contributed by atoms with Crippen LogP contribution >= 0.6 is 0 Å². The van der Waals surface area contributed by atoms with Crippen molar-refractivity contribution in [1.82, 2.24) is 4.98 Å². The highest BCUT2D eigenvalue weighted by molar-refractivity contribution is 5.86. The van der Waals surface area contributed by atoms with E-state index < -0.39 is 30.4 Å². The number of alkyl halides is 2. The minimum absolute atomic E-state index is 0.0589. The number of ether oxygens (including phenoxy) is 1. The van der Waals surface area contributed by atoms with Gasteiger partial charge in [-0.1, -0.05) is 18.2 Å². The predicted molar refractivity (Wildman–Crippen MR) is 96.4 cm³/mol. The van der Waals surface area contributed by atoms with E-state index >= 15 is 0 Å². The second-order valence-corrected chi connectivity index (χ2v) is 5.99. The zero-order valence-corrected chi connectivity index (χ0v) is 14.8. The molecule has 2 aromatic rings. The molecular formula is C18H18F3N4O3-. The number of hydrogen-bond acceptors (Lipinski definition) is 5. The quantitative estimate of drug-likeness (QED) is 0.824. The number of hydrogen-bond donors (Lipinski definition) is 2. The van der Waals surface area contributed by atoms with Gasteiger partial charge in [0.05, 0.1) is 6.61 Å². The van der Waals surface area contributed by atoms with Crippen LogP contribution in [-0.2, 0) is 10.3 Å². The van der Waals surface area contributed by atoms with E-state index in [2.05, 4.69) is 9.98 Å². The Hall–Kier alpha value is -3.14. The number of rotatable bonds is 3. The van der Waals surface area contributed by atoms with Crippen molar-refractivity contribution in [2.45, 2.75) is 18.9 Å². The molecule has 1 aliphatic heterocycles. The Morgan fingerprint density at radius 2 is 2.11 bits per heavy atom. The zero-order valence-electron chi connectivity index (χ0n) is 14.8. The van der Waals surface area contributed by atoms with Crippen molar-refractivity contribution in [2.75, 3.05) is 13.2 Å². The van der Waals surface area contributed by atoms with Gasteiger partial charge >= 0.3 is 5.97 Å². The molecule has 0 bridgehead atoms. The molecule has 1 aliphatic rings. The summed E-state index contributed by atoms with van der Waals surface area (Å²) in [5, 5.41) is 8.50. The number of aromatic nitrogens is 1. The Balaban J connectivity index is 0.000000237. The highest BCUT2D eigenvalue weighted by atomic mass is 19.3. The van der Waals surface area contributed by atoms with Crippen LogP contribution in [0.4, 0.5) is 18.9 Å². The molecule has 1 atom stereocenters. The standard InChI is InChI=1S/C11H11F3N3O.C7H7NO2/c12-8-2-1-6(15)3-7(8)11(10(13)14)5-18-4-9(16)17-11;1-5-3-2-4-8-6(5)7(9)10/h1-3,10,15H,4-5H2,(H2,16,17);2-4H,1H3,(H,9,10)/q-1;/t11-;/m0./s1. The van der Waals surface area contributed by atoms with E-state index in [9.17, 15) is 18.0 Å². The number of nitrogens with one attached hydrogen (secondary N) is 1. The number of carboxylic acids is 1. The number of nitrogens with two attached hydrogens (primary N) is 1. The molecule has 0 saturated carbocycles. The molecule has 150 valence electrons. The van der Waals surface area contributed by atoms with E-state index in [0.29, 0.717) is 5.56 Å². The largest absolute Gasteiger partial charge is 0.699 e. The van der Waals surface area contributed by atoms with Crippen LogP contribution in [0.15, 0.2) is 41.5 Å². The SMILES string of the molecule is Cc1cccnc1C(=O)O.[NH-]c1ccc(F)c([C@]2(C(F)F)COCC(N)=N2)c1. The average Bonchev–Trinajstić information content (AvgIpc) is 2.64. The van der Waals surface area contributed by atoms with Gasteiger partial charge in [-0.25, -0.2) is 22.9 Å². The van der Waals surface area contributed by atoms with Crippen molar-refractivity contribution in [3.8, 4) is 0 Å². The first kappa shape index (κ1) is 21.2. The van der Waals surface area contributed by atoms with Gasteiger partial charge in [0.15, 0.2) is 11.2 Å². The second kappa shape index (κ2) is 8.70. The van der Waals surface area contributed by atoms with Crippen LogP contribution in [0.1, 0.15) is 21.6 Å². The maximum Gasteiger partial charge on any atom is 0.354 e. The first-order chi connectivity index (χ1) is 13.2. The van der Waals surface area contributed by atoms with Gasteiger partial charge in [0.2, 0.25) is 0 Å². The molecule has 0 saturated heterocycles. The van der Waals surface area contributed by atoms with E-state index in [-0.39, 0.29) is 29.4 Å². The summed E-state index contributed by atoms with van der Waals surface area (Å²) in [6, 6.07) is 6.59. The van der Waals surface area contributed by atoms with Crippen LogP contribution in [0.2, 0.25) is 0 Å². The van der Waals surface area contributed by atoms with E-state index in [4.69, 9.17) is 21.3 Å². The van der Waals surface area contributed by atoms with E-state index in [1.807, 2.05) is 0 Å². The summed E-state index contributed by atoms with van der Waals surface area (Å²) in [7, 11) is 0. The molecule has 4 N–H and O–H groups in total. The smallest absolute Gasteiger partial charge is 0.354 e. The maximum atomic E-state index is 13.7. The molecule has 7 nitrogen and oxygen atoms in total. The third-order valence-corrected chi connectivity index (χ3v) is 3.92. The summed E-state index contributed by atoms with van der Waals surface area (Å²) < 4.78 is 45.2. The summed E-state index contributed by atoms with van der Waals surface area (Å²) in [4.78, 5) is 17.7. The van der Waals surface area contributed by atoms with Crippen molar-refractivity contribution in [1.29, 1.82) is 0 Å². The topological polar surface area (TPSA) is 122 Å². The lowest BCUT2D eigenvalue weighted by atomic mass is 9.90. The van der Waals surface area contributed by atoms with E-state index in [0.717, 1.165) is 12.1 Å². The van der Waals surface area contributed by atoms with Crippen molar-refractivity contribution in [3.63, 3.8) is 0 Å². The summed E-state index contributed by atoms with van der Waals surface area (Å²) in [5.74, 6) is -1.94. The van der Waals surface area contributed by atoms with Crippen molar-refractivity contribution < 1.29 is 27.8 Å². The van der Waals surface area contributed by atoms with Crippen LogP contribution in [0.5, 0.6) is 0 Å². The van der Waals surface area contributed by atoms with Crippen LogP contribution in [0, 0.1) is 12.7 Å². The van der Waals surface area contributed by atoms with Crippen LogP contribution in [-0.4, -0.2) is 41.5 Å². The van der Waals surface area contributed by atoms with Crippen molar-refractivity contribution in [3.05, 3.63) is 64.9 Å². The Morgan fingerprint density at radius 3 is 2.64 bits per heavy atom. The zero-order chi connectivity index (χ0) is 20.9. The molecule has 2 heterocycles. The molecule has 10 heteroatoms. The molecule has 0 unspecified atom stereocenters. The Morgan fingerprint density at radius 1 is 1.39 bits per heavy atom. The first-order valence-corrected chi connectivity index (χ1v) is 8.04. The number of aliphatic imine (C=N–C) groups is 1. The van der Waals surface area contributed by atoms with Gasteiger partial charge in [0, 0.05) is 11.8 Å². The van der Waals surface area contributed by atoms with Gasteiger partial charge in [0.1, 0.15) is 18.3 Å². The number of carbonyl (C=O) groups is 1. The number of nitrogens with zero attached hydrogens (tertiary/aromatic N) is 2. The molecule has 0 radical (unpaired) electrons. The van der Waals surface area contributed by atoms with Crippen molar-refractivity contribution >= 4 is 17.5 Å². The lowest BCUT2D eigenvalue weighted by Gasteiger charge is -2.33. The molecule has 0 fully saturated rings. The van der Waals surface area contributed by atoms with Crippen LogP contribution in [0.25, 0.3) is 5.73 Å². The minimum Gasteiger partial charge on any atom is -0.699 e. The maximum absolute atomic E-state index is 13.7. The number of carboxylic acid groups (broad SMARTS) is 1. The fourth-order valence-corrected chi connectivity index (χ4v) is 2.57. The third-order valence-electron chi connectivity index (χ3n) is 3.92. The second-order valence-electron chi connectivity index (χ2n) is 5.99. The number of aromatic carboxylic acids is 1. The fraction of sp³-hybridized carbons (Fsp3) is 0.278. The molecule has 28 heavy (non-hydrogen) atoms. The number of halogens is 3. The average molecular weight is 395 g/mol. The Kier molecular flexibility index (Phi) is 6.57. The highest BCUT2D eigenvalue weighted by Crippen LogP contribution is 2.38. The van der Waals surface area contributed by atoms with Gasteiger partial charge in [-0.15, -0.1) is 5.69 Å².